The van der Waals surface area contributed by atoms with Gasteiger partial charge in [0.1, 0.15) is 5.75 Å². The largest absolute Gasteiger partial charge is 0.497 e. The molecule has 2 rings (SSSR count). The smallest absolute Gasteiger partial charge is 0.118 e. The number of ether oxygens (including phenoxy) is 1. The van der Waals surface area contributed by atoms with Gasteiger partial charge in [-0.3, -0.25) is 0 Å². The summed E-state index contributed by atoms with van der Waals surface area (Å²) in [6.07, 6.45) is 1.95. The van der Waals surface area contributed by atoms with E-state index >= 15 is 0 Å². The van der Waals surface area contributed by atoms with Crippen molar-refractivity contribution >= 4 is 22.7 Å². The Morgan fingerprint density at radius 3 is 2.24 bits per heavy atom. The van der Waals surface area contributed by atoms with Gasteiger partial charge >= 0.3 is 0 Å². The summed E-state index contributed by atoms with van der Waals surface area (Å²) < 4.78 is 5.10. The molecule has 0 unspecified atom stereocenters. The van der Waals surface area contributed by atoms with E-state index < -0.39 is 0 Å². The predicted molar refractivity (Wildman–Crippen MR) is 73.2 cm³/mol. The first-order valence-electron chi connectivity index (χ1n) is 5.36. The highest BCUT2D eigenvalue weighted by Gasteiger charge is 1.99. The Morgan fingerprint density at radius 2 is 1.65 bits per heavy atom. The molecular weight excluding hydrogens is 232 g/mol. The molecule has 0 saturated carbocycles. The van der Waals surface area contributed by atoms with Crippen molar-refractivity contribution in [3.05, 3.63) is 65.7 Å². The topological polar surface area (TPSA) is 9.23 Å². The van der Waals surface area contributed by atoms with Crippen LogP contribution in [-0.4, -0.2) is 7.11 Å². The molecule has 0 aliphatic carbocycles. The van der Waals surface area contributed by atoms with Crippen molar-refractivity contribution in [1.82, 2.24) is 0 Å². The van der Waals surface area contributed by atoms with Crippen LogP contribution < -0.4 is 4.74 Å². The van der Waals surface area contributed by atoms with Gasteiger partial charge in [0.05, 0.1) is 7.11 Å². The van der Waals surface area contributed by atoms with Gasteiger partial charge < -0.3 is 4.74 Å². The first-order valence-corrected chi connectivity index (χ1v) is 5.74. The maximum absolute atomic E-state index is 6.26. The molecule has 17 heavy (non-hydrogen) atoms. The molecule has 0 heterocycles. The summed E-state index contributed by atoms with van der Waals surface area (Å²) in [6, 6.07) is 17.7. The molecule has 0 aliphatic heterocycles. The summed E-state index contributed by atoms with van der Waals surface area (Å²) in [5.74, 6) is 0.831. The standard InChI is InChI=1S/C15H13ClO/c1-17-14-9-7-13(8-10-14)15(16)11-12-5-3-2-4-6-12/h2-11H,1H3. The van der Waals surface area contributed by atoms with Crippen LogP contribution in [0.4, 0.5) is 0 Å². The van der Waals surface area contributed by atoms with E-state index in [4.69, 9.17) is 16.3 Å². The van der Waals surface area contributed by atoms with Gasteiger partial charge in [-0.1, -0.05) is 41.9 Å². The Kier molecular flexibility index (Phi) is 3.84. The zero-order valence-corrected chi connectivity index (χ0v) is 10.3. The van der Waals surface area contributed by atoms with Crippen molar-refractivity contribution in [3.8, 4) is 5.75 Å². The van der Waals surface area contributed by atoms with E-state index in [0.29, 0.717) is 0 Å². The molecule has 86 valence electrons. The van der Waals surface area contributed by atoms with Crippen LogP contribution in [0.25, 0.3) is 11.1 Å². The van der Waals surface area contributed by atoms with Gasteiger partial charge in [-0.05, 0) is 41.5 Å². The Balaban J connectivity index is 2.24. The lowest BCUT2D eigenvalue weighted by molar-refractivity contribution is 0.415. The zero-order chi connectivity index (χ0) is 12.1. The number of benzene rings is 2. The second kappa shape index (κ2) is 5.55. The number of hydrogen-bond donors (Lipinski definition) is 0. The lowest BCUT2D eigenvalue weighted by Gasteiger charge is -2.02. The van der Waals surface area contributed by atoms with Crippen LogP contribution in [0.5, 0.6) is 5.75 Å². The van der Waals surface area contributed by atoms with E-state index in [-0.39, 0.29) is 0 Å². The van der Waals surface area contributed by atoms with E-state index in [1.807, 2.05) is 60.7 Å². The molecule has 0 bridgehead atoms. The molecule has 0 radical (unpaired) electrons. The summed E-state index contributed by atoms with van der Waals surface area (Å²) in [5.41, 5.74) is 2.07. The zero-order valence-electron chi connectivity index (χ0n) is 9.56. The van der Waals surface area contributed by atoms with Crippen molar-refractivity contribution in [2.24, 2.45) is 0 Å². The SMILES string of the molecule is COc1ccc(C(Cl)=Cc2ccccc2)cc1. The lowest BCUT2D eigenvalue weighted by atomic mass is 10.1. The Bertz CT molecular complexity index is 500. The molecule has 0 aromatic heterocycles. The third kappa shape index (κ3) is 3.11. The van der Waals surface area contributed by atoms with Crippen LogP contribution >= 0.6 is 11.6 Å². The van der Waals surface area contributed by atoms with Crippen molar-refractivity contribution in [2.45, 2.75) is 0 Å². The van der Waals surface area contributed by atoms with Gasteiger partial charge in [0, 0.05) is 5.03 Å². The molecule has 0 spiro atoms. The van der Waals surface area contributed by atoms with Gasteiger partial charge in [0.25, 0.3) is 0 Å². The molecule has 0 amide bonds. The average molecular weight is 245 g/mol. The molecule has 0 aliphatic rings. The number of halogens is 1. The van der Waals surface area contributed by atoms with Crippen LogP contribution in [0.15, 0.2) is 54.6 Å². The second-order valence-corrected chi connectivity index (χ2v) is 4.04. The third-order valence-electron chi connectivity index (χ3n) is 2.46. The van der Waals surface area contributed by atoms with E-state index in [2.05, 4.69) is 0 Å². The minimum Gasteiger partial charge on any atom is -0.497 e. The highest BCUT2D eigenvalue weighted by molar-refractivity contribution is 6.51. The second-order valence-electron chi connectivity index (χ2n) is 3.63. The van der Waals surface area contributed by atoms with Crippen LogP contribution in [0.2, 0.25) is 0 Å². The van der Waals surface area contributed by atoms with Gasteiger partial charge in [-0.15, -0.1) is 0 Å². The highest BCUT2D eigenvalue weighted by atomic mass is 35.5. The lowest BCUT2D eigenvalue weighted by Crippen LogP contribution is -1.83. The van der Waals surface area contributed by atoms with E-state index in [9.17, 15) is 0 Å². The number of methoxy groups -OCH3 is 1. The van der Waals surface area contributed by atoms with Crippen LogP contribution in [0.1, 0.15) is 11.1 Å². The third-order valence-corrected chi connectivity index (χ3v) is 2.79. The number of hydrogen-bond acceptors (Lipinski definition) is 1. The van der Waals surface area contributed by atoms with Crippen molar-refractivity contribution in [3.63, 3.8) is 0 Å². The van der Waals surface area contributed by atoms with Crippen molar-refractivity contribution < 1.29 is 4.74 Å². The molecule has 0 atom stereocenters. The highest BCUT2D eigenvalue weighted by Crippen LogP contribution is 2.24. The fourth-order valence-electron chi connectivity index (χ4n) is 1.53. The Morgan fingerprint density at radius 1 is 1.00 bits per heavy atom. The van der Waals surface area contributed by atoms with Crippen molar-refractivity contribution in [1.29, 1.82) is 0 Å². The van der Waals surface area contributed by atoms with Crippen LogP contribution in [0, 0.1) is 0 Å². The summed E-state index contributed by atoms with van der Waals surface area (Å²) in [4.78, 5) is 0. The van der Waals surface area contributed by atoms with Crippen LogP contribution in [-0.2, 0) is 0 Å². The average Bonchev–Trinajstić information content (AvgIpc) is 2.40. The fourth-order valence-corrected chi connectivity index (χ4v) is 1.78. The molecule has 2 aromatic carbocycles. The summed E-state index contributed by atoms with van der Waals surface area (Å²) in [7, 11) is 1.65. The van der Waals surface area contributed by atoms with Crippen molar-refractivity contribution in [2.75, 3.05) is 7.11 Å². The molecule has 0 N–H and O–H groups in total. The molecule has 2 heteroatoms. The summed E-state index contributed by atoms with van der Waals surface area (Å²) in [6.45, 7) is 0. The Labute approximate surface area is 106 Å². The normalized spacial score (nSPS) is 11.3. The van der Waals surface area contributed by atoms with E-state index in [0.717, 1.165) is 21.9 Å². The minimum absolute atomic E-state index is 0.721. The molecule has 0 saturated heterocycles. The number of rotatable bonds is 3. The van der Waals surface area contributed by atoms with Gasteiger partial charge in [-0.2, -0.15) is 0 Å². The monoisotopic (exact) mass is 244 g/mol. The molecule has 1 nitrogen and oxygen atoms in total. The van der Waals surface area contributed by atoms with Gasteiger partial charge in [0.2, 0.25) is 0 Å². The predicted octanol–water partition coefficient (Wildman–Crippen LogP) is 4.43. The fraction of sp³-hybridized carbons (Fsp3) is 0.0667. The minimum atomic E-state index is 0.721. The van der Waals surface area contributed by atoms with Gasteiger partial charge in [0.15, 0.2) is 0 Å². The Hall–Kier alpha value is -1.73. The first kappa shape index (κ1) is 11.7. The molecule has 0 fully saturated rings. The molecule has 2 aromatic rings. The van der Waals surface area contributed by atoms with Crippen LogP contribution in [0.3, 0.4) is 0 Å². The summed E-state index contributed by atoms with van der Waals surface area (Å²) >= 11 is 6.26. The summed E-state index contributed by atoms with van der Waals surface area (Å²) in [5, 5.41) is 0.721. The maximum atomic E-state index is 6.26. The van der Waals surface area contributed by atoms with E-state index in [1.165, 1.54) is 0 Å². The quantitative estimate of drug-likeness (QED) is 0.726. The maximum Gasteiger partial charge on any atom is 0.118 e. The molecular formula is C15H13ClO. The van der Waals surface area contributed by atoms with Gasteiger partial charge in [-0.25, -0.2) is 0 Å². The first-order chi connectivity index (χ1) is 8.29. The van der Waals surface area contributed by atoms with E-state index in [1.54, 1.807) is 7.11 Å².